The lowest BCUT2D eigenvalue weighted by Crippen LogP contribution is -2.40. The van der Waals surface area contributed by atoms with E-state index in [2.05, 4.69) is 14.9 Å². The molecule has 0 aliphatic rings. The van der Waals surface area contributed by atoms with Gasteiger partial charge in [0, 0.05) is 12.2 Å². The highest BCUT2D eigenvalue weighted by molar-refractivity contribution is 7.89. The topological polar surface area (TPSA) is 95.2 Å². The zero-order valence-electron chi connectivity index (χ0n) is 14.3. The van der Waals surface area contributed by atoms with E-state index in [4.69, 9.17) is 0 Å². The van der Waals surface area contributed by atoms with Crippen molar-refractivity contribution in [1.29, 1.82) is 0 Å². The van der Waals surface area contributed by atoms with Crippen molar-refractivity contribution in [3.8, 4) is 0 Å². The number of aryl methyl sites for hydroxylation is 3. The van der Waals surface area contributed by atoms with Gasteiger partial charge in [-0.1, -0.05) is 12.1 Å². The molecule has 2 rings (SSSR count). The third-order valence-corrected chi connectivity index (χ3v) is 5.34. The van der Waals surface area contributed by atoms with Gasteiger partial charge >= 0.3 is 0 Å². The van der Waals surface area contributed by atoms with Crippen LogP contribution in [0.1, 0.15) is 23.9 Å². The lowest BCUT2D eigenvalue weighted by Gasteiger charge is -2.21. The second-order valence-corrected chi connectivity index (χ2v) is 7.27. The third-order valence-electron chi connectivity index (χ3n) is 3.67. The first-order chi connectivity index (χ1) is 11.3. The fourth-order valence-electron chi connectivity index (χ4n) is 2.56. The summed E-state index contributed by atoms with van der Waals surface area (Å²) in [6.07, 6.45) is 0. The van der Waals surface area contributed by atoms with Crippen LogP contribution in [0, 0.1) is 20.8 Å². The summed E-state index contributed by atoms with van der Waals surface area (Å²) in [5, 5.41) is 6.51. The Kier molecular flexibility index (Phi) is 5.40. The normalized spacial score (nSPS) is 11.5. The van der Waals surface area contributed by atoms with Crippen LogP contribution in [0.5, 0.6) is 0 Å². The largest absolute Gasteiger partial charge is 0.312 e. The molecule has 8 heteroatoms. The first-order valence-corrected chi connectivity index (χ1v) is 9.13. The number of carbonyl (C=O) groups is 1. The summed E-state index contributed by atoms with van der Waals surface area (Å²) < 4.78 is 27.2. The van der Waals surface area contributed by atoms with Crippen molar-refractivity contribution < 1.29 is 13.2 Å². The molecule has 7 nitrogen and oxygen atoms in total. The van der Waals surface area contributed by atoms with E-state index in [0.717, 1.165) is 11.3 Å². The predicted octanol–water partition coefficient (Wildman–Crippen LogP) is 1.67. The molecule has 0 bridgehead atoms. The lowest BCUT2D eigenvalue weighted by molar-refractivity contribution is -0.117. The smallest absolute Gasteiger partial charge is 0.244 e. The molecule has 1 aromatic carbocycles. The molecule has 0 fully saturated rings. The fraction of sp³-hybridized carbons (Fsp3) is 0.375. The van der Waals surface area contributed by atoms with Gasteiger partial charge < -0.3 is 4.90 Å². The van der Waals surface area contributed by atoms with Crippen molar-refractivity contribution in [1.82, 2.24) is 14.9 Å². The number of sulfonamides is 1. The molecule has 1 aromatic heterocycles. The minimum absolute atomic E-state index is 0.0916. The average Bonchev–Trinajstić information content (AvgIpc) is 2.86. The van der Waals surface area contributed by atoms with E-state index >= 15 is 0 Å². The van der Waals surface area contributed by atoms with Crippen molar-refractivity contribution in [2.45, 2.75) is 32.6 Å². The molecule has 0 unspecified atom stereocenters. The number of benzene rings is 1. The number of aromatic amines is 1. The lowest BCUT2D eigenvalue weighted by atomic mass is 10.2. The second-order valence-electron chi connectivity index (χ2n) is 5.56. The van der Waals surface area contributed by atoms with Gasteiger partial charge in [-0.25, -0.2) is 13.1 Å². The van der Waals surface area contributed by atoms with Crippen molar-refractivity contribution in [3.63, 3.8) is 0 Å². The maximum absolute atomic E-state index is 12.4. The van der Waals surface area contributed by atoms with Gasteiger partial charge in [0.2, 0.25) is 15.9 Å². The van der Waals surface area contributed by atoms with Gasteiger partial charge in [-0.2, -0.15) is 5.10 Å². The summed E-state index contributed by atoms with van der Waals surface area (Å²) in [5.74, 6) is -0.314. The number of aromatic nitrogens is 2. The zero-order valence-corrected chi connectivity index (χ0v) is 15.1. The zero-order chi connectivity index (χ0) is 17.9. The first-order valence-electron chi connectivity index (χ1n) is 7.64. The summed E-state index contributed by atoms with van der Waals surface area (Å²) in [5.41, 5.74) is 2.60. The number of likely N-dealkylation sites (N-methyl/N-ethyl adjacent to an activating group) is 1. The summed E-state index contributed by atoms with van der Waals surface area (Å²) in [4.78, 5) is 14.1. The highest BCUT2D eigenvalue weighted by atomic mass is 32.2. The van der Waals surface area contributed by atoms with Crippen molar-refractivity contribution in [2.24, 2.45) is 0 Å². The number of amides is 1. The van der Waals surface area contributed by atoms with Gasteiger partial charge in [-0.15, -0.1) is 0 Å². The highest BCUT2D eigenvalue weighted by Crippen LogP contribution is 2.18. The number of hydrogen-bond acceptors (Lipinski definition) is 4. The molecule has 1 amide bonds. The van der Waals surface area contributed by atoms with E-state index in [1.165, 1.54) is 0 Å². The van der Waals surface area contributed by atoms with Crippen LogP contribution in [0.25, 0.3) is 0 Å². The molecule has 1 heterocycles. The Labute approximate surface area is 142 Å². The van der Waals surface area contributed by atoms with Gasteiger partial charge in [0.1, 0.15) is 4.90 Å². The minimum atomic E-state index is -3.80. The Balaban J connectivity index is 2.14. The molecule has 0 spiro atoms. The Morgan fingerprint density at radius 1 is 1.29 bits per heavy atom. The minimum Gasteiger partial charge on any atom is -0.312 e. The number of carbonyl (C=O) groups excluding carboxylic acids is 1. The van der Waals surface area contributed by atoms with Crippen molar-refractivity contribution in [3.05, 3.63) is 41.2 Å². The van der Waals surface area contributed by atoms with E-state index in [1.807, 2.05) is 38.1 Å². The van der Waals surface area contributed by atoms with Gasteiger partial charge in [-0.05, 0) is 45.4 Å². The van der Waals surface area contributed by atoms with E-state index in [-0.39, 0.29) is 17.3 Å². The number of nitrogens with one attached hydrogen (secondary N) is 2. The Morgan fingerprint density at radius 2 is 2.00 bits per heavy atom. The summed E-state index contributed by atoms with van der Waals surface area (Å²) in [6.45, 7) is 7.16. The Bertz CT molecular complexity index is 823. The molecular weight excluding hydrogens is 328 g/mol. The molecule has 0 aliphatic heterocycles. The molecule has 0 saturated heterocycles. The number of nitrogens with zero attached hydrogens (tertiary/aromatic N) is 2. The van der Waals surface area contributed by atoms with Gasteiger partial charge in [0.25, 0.3) is 0 Å². The van der Waals surface area contributed by atoms with Crippen LogP contribution in [0.4, 0.5) is 5.69 Å². The maximum atomic E-state index is 12.4. The fourth-order valence-corrected chi connectivity index (χ4v) is 3.90. The number of anilines is 1. The number of hydrogen-bond donors (Lipinski definition) is 2. The number of H-pyrrole nitrogens is 1. The van der Waals surface area contributed by atoms with Gasteiger partial charge in [0.15, 0.2) is 0 Å². The summed E-state index contributed by atoms with van der Waals surface area (Å²) >= 11 is 0. The van der Waals surface area contributed by atoms with Crippen molar-refractivity contribution in [2.75, 3.05) is 18.0 Å². The molecule has 0 atom stereocenters. The van der Waals surface area contributed by atoms with E-state index in [1.54, 1.807) is 18.7 Å². The van der Waals surface area contributed by atoms with Crippen molar-refractivity contribution >= 4 is 21.6 Å². The molecule has 0 radical (unpaired) electrons. The molecule has 2 N–H and O–H groups in total. The quantitative estimate of drug-likeness (QED) is 0.828. The van der Waals surface area contributed by atoms with Gasteiger partial charge in [-0.3, -0.25) is 9.89 Å². The van der Waals surface area contributed by atoms with Crippen LogP contribution in [-0.4, -0.2) is 37.6 Å². The summed E-state index contributed by atoms with van der Waals surface area (Å²) in [7, 11) is -3.80. The Morgan fingerprint density at radius 3 is 2.54 bits per heavy atom. The molecular formula is C16H22N4O3S. The molecule has 2 aromatic rings. The van der Waals surface area contributed by atoms with Crippen LogP contribution >= 0.6 is 0 Å². The van der Waals surface area contributed by atoms with E-state index in [0.29, 0.717) is 17.9 Å². The third kappa shape index (κ3) is 3.82. The molecule has 0 aliphatic carbocycles. The van der Waals surface area contributed by atoms with Crippen LogP contribution < -0.4 is 9.62 Å². The van der Waals surface area contributed by atoms with E-state index in [9.17, 15) is 13.2 Å². The van der Waals surface area contributed by atoms with Crippen LogP contribution in [-0.2, 0) is 14.8 Å². The Hall–Kier alpha value is -2.19. The standard InChI is InChI=1S/C16H22N4O3S/c1-5-20(14-8-6-7-11(2)9-14)15(21)10-17-24(22,23)16-12(3)18-19-13(16)4/h6-9,17H,5,10H2,1-4H3,(H,18,19). The average molecular weight is 350 g/mol. The molecule has 0 saturated carbocycles. The van der Waals surface area contributed by atoms with Crippen LogP contribution in [0.3, 0.4) is 0 Å². The predicted molar refractivity (Wildman–Crippen MR) is 92.5 cm³/mol. The highest BCUT2D eigenvalue weighted by Gasteiger charge is 2.24. The number of rotatable bonds is 6. The molecule has 24 heavy (non-hydrogen) atoms. The summed E-state index contributed by atoms with van der Waals surface area (Å²) in [6, 6.07) is 7.52. The monoisotopic (exact) mass is 350 g/mol. The second kappa shape index (κ2) is 7.14. The van der Waals surface area contributed by atoms with Crippen LogP contribution in [0.2, 0.25) is 0 Å². The van der Waals surface area contributed by atoms with E-state index < -0.39 is 10.0 Å². The van der Waals surface area contributed by atoms with Crippen LogP contribution in [0.15, 0.2) is 29.2 Å². The maximum Gasteiger partial charge on any atom is 0.244 e. The SMILES string of the molecule is CCN(C(=O)CNS(=O)(=O)c1c(C)n[nH]c1C)c1cccc(C)c1. The molecule has 130 valence electrons. The first kappa shape index (κ1) is 18.2. The van der Waals surface area contributed by atoms with Gasteiger partial charge in [0.05, 0.1) is 17.9 Å².